The second kappa shape index (κ2) is 6.45. The zero-order valence-electron chi connectivity index (χ0n) is 13.6. The molecule has 5 heteroatoms. The Morgan fingerprint density at radius 2 is 1.92 bits per heavy atom. The van der Waals surface area contributed by atoms with E-state index in [9.17, 15) is 9.59 Å². The number of nitrogens with two attached hydrogens (primary N) is 1. The highest BCUT2D eigenvalue weighted by molar-refractivity contribution is 5.99. The number of carbonyl (C=O) groups is 2. The van der Waals surface area contributed by atoms with Crippen molar-refractivity contribution in [3.05, 3.63) is 59.7 Å². The molecule has 0 aliphatic carbocycles. The van der Waals surface area contributed by atoms with Gasteiger partial charge in [-0.2, -0.15) is 0 Å². The molecule has 2 aromatic carbocycles. The number of aryl methyl sites for hydroxylation is 1. The molecule has 24 heavy (non-hydrogen) atoms. The lowest BCUT2D eigenvalue weighted by Crippen LogP contribution is -2.45. The minimum atomic E-state index is -1.12. The highest BCUT2D eigenvalue weighted by atomic mass is 16.2. The second-order valence-corrected chi connectivity index (χ2v) is 6.30. The molecule has 5 nitrogen and oxygen atoms in total. The van der Waals surface area contributed by atoms with Crippen LogP contribution in [0, 0.1) is 0 Å². The molecular formula is C19H21N3O2. The van der Waals surface area contributed by atoms with Gasteiger partial charge in [0.05, 0.1) is 0 Å². The maximum atomic E-state index is 12.6. The minimum Gasteiger partial charge on any atom is -0.326 e. The summed E-state index contributed by atoms with van der Waals surface area (Å²) < 4.78 is 0. The third-order valence-corrected chi connectivity index (χ3v) is 4.33. The third kappa shape index (κ3) is 3.31. The molecule has 0 aromatic heterocycles. The topological polar surface area (TPSA) is 84.2 Å². The Morgan fingerprint density at radius 1 is 1.17 bits per heavy atom. The van der Waals surface area contributed by atoms with Gasteiger partial charge in [-0.1, -0.05) is 30.3 Å². The Bertz CT molecular complexity index is 769. The molecule has 0 saturated carbocycles. The SMILES string of the molecule is CC(N)(C(=O)Nc1ccc2c(c1)CCCC(=O)N2)c1ccccc1. The summed E-state index contributed by atoms with van der Waals surface area (Å²) in [5.41, 5.74) is 8.39. The number of nitrogens with one attached hydrogen (secondary N) is 2. The van der Waals surface area contributed by atoms with Gasteiger partial charge in [-0.15, -0.1) is 0 Å². The summed E-state index contributed by atoms with van der Waals surface area (Å²) in [6.45, 7) is 1.70. The van der Waals surface area contributed by atoms with Crippen LogP contribution >= 0.6 is 0 Å². The molecule has 1 aliphatic rings. The van der Waals surface area contributed by atoms with Crippen LogP contribution in [0.2, 0.25) is 0 Å². The first-order valence-corrected chi connectivity index (χ1v) is 8.05. The zero-order valence-corrected chi connectivity index (χ0v) is 13.6. The van der Waals surface area contributed by atoms with E-state index >= 15 is 0 Å². The molecule has 0 spiro atoms. The molecule has 124 valence electrons. The van der Waals surface area contributed by atoms with Gasteiger partial charge in [-0.25, -0.2) is 0 Å². The van der Waals surface area contributed by atoms with E-state index in [1.807, 2.05) is 42.5 Å². The monoisotopic (exact) mass is 323 g/mol. The lowest BCUT2D eigenvalue weighted by molar-refractivity contribution is -0.121. The quantitative estimate of drug-likeness (QED) is 0.812. The van der Waals surface area contributed by atoms with Crippen molar-refractivity contribution in [2.45, 2.75) is 31.7 Å². The lowest BCUT2D eigenvalue weighted by atomic mass is 9.92. The molecule has 1 atom stereocenters. The Hall–Kier alpha value is -2.66. The van der Waals surface area contributed by atoms with Crippen LogP contribution in [0.1, 0.15) is 30.9 Å². The van der Waals surface area contributed by atoms with E-state index in [2.05, 4.69) is 10.6 Å². The van der Waals surface area contributed by atoms with Gasteiger partial charge in [-0.3, -0.25) is 9.59 Å². The van der Waals surface area contributed by atoms with Gasteiger partial charge < -0.3 is 16.4 Å². The average molecular weight is 323 g/mol. The minimum absolute atomic E-state index is 0.0316. The van der Waals surface area contributed by atoms with Crippen LogP contribution in [0.15, 0.2) is 48.5 Å². The molecule has 4 N–H and O–H groups in total. The molecule has 1 aliphatic heterocycles. The predicted octanol–water partition coefficient (Wildman–Crippen LogP) is 2.77. The van der Waals surface area contributed by atoms with Crippen molar-refractivity contribution in [1.29, 1.82) is 0 Å². The molecule has 2 amide bonds. The van der Waals surface area contributed by atoms with Gasteiger partial charge in [0.2, 0.25) is 11.8 Å². The van der Waals surface area contributed by atoms with E-state index in [0.717, 1.165) is 29.7 Å². The number of hydrogen-bond acceptors (Lipinski definition) is 3. The first kappa shape index (κ1) is 16.2. The zero-order chi connectivity index (χ0) is 17.2. The van der Waals surface area contributed by atoms with Gasteiger partial charge in [0.15, 0.2) is 0 Å². The summed E-state index contributed by atoms with van der Waals surface area (Å²) >= 11 is 0. The van der Waals surface area contributed by atoms with Crippen molar-refractivity contribution in [2.24, 2.45) is 5.73 Å². The van der Waals surface area contributed by atoms with Gasteiger partial charge in [0.1, 0.15) is 5.54 Å². The molecule has 1 unspecified atom stereocenters. The molecule has 2 aromatic rings. The highest BCUT2D eigenvalue weighted by Crippen LogP contribution is 2.26. The standard InChI is InChI=1S/C19H21N3O2/c1-19(20,14-7-3-2-4-8-14)18(24)21-15-10-11-16-13(12-15)6-5-9-17(23)22-16/h2-4,7-8,10-12H,5-6,9,20H2,1H3,(H,21,24)(H,22,23). The molecule has 0 fully saturated rings. The fraction of sp³-hybridized carbons (Fsp3) is 0.263. The smallest absolute Gasteiger partial charge is 0.248 e. The van der Waals surface area contributed by atoms with E-state index in [4.69, 9.17) is 5.73 Å². The molecule has 0 radical (unpaired) electrons. The van der Waals surface area contributed by atoms with Gasteiger partial charge in [0, 0.05) is 17.8 Å². The van der Waals surface area contributed by atoms with Gasteiger partial charge in [-0.05, 0) is 49.1 Å². The van der Waals surface area contributed by atoms with Crippen LogP contribution in [0.3, 0.4) is 0 Å². The summed E-state index contributed by atoms with van der Waals surface area (Å²) in [6.07, 6.45) is 2.12. The largest absolute Gasteiger partial charge is 0.326 e. The summed E-state index contributed by atoms with van der Waals surface area (Å²) in [5.74, 6) is -0.240. The van der Waals surface area contributed by atoms with Crippen LogP contribution in [0.5, 0.6) is 0 Å². The average Bonchev–Trinajstić information content (AvgIpc) is 2.76. The summed E-state index contributed by atoms with van der Waals surface area (Å²) in [7, 11) is 0. The van der Waals surface area contributed by atoms with E-state index in [-0.39, 0.29) is 11.8 Å². The Labute approximate surface area is 141 Å². The van der Waals surface area contributed by atoms with Gasteiger partial charge >= 0.3 is 0 Å². The number of rotatable bonds is 3. The number of carbonyl (C=O) groups excluding carboxylic acids is 2. The first-order chi connectivity index (χ1) is 11.5. The maximum Gasteiger partial charge on any atom is 0.248 e. The summed E-state index contributed by atoms with van der Waals surface area (Å²) in [5, 5.41) is 5.77. The second-order valence-electron chi connectivity index (χ2n) is 6.30. The summed E-state index contributed by atoms with van der Waals surface area (Å²) in [4.78, 5) is 24.2. The van der Waals surface area contributed by atoms with Gasteiger partial charge in [0.25, 0.3) is 0 Å². The van der Waals surface area contributed by atoms with E-state index in [1.54, 1.807) is 13.0 Å². The van der Waals surface area contributed by atoms with Crippen molar-refractivity contribution in [1.82, 2.24) is 0 Å². The Balaban J connectivity index is 1.80. The van der Waals surface area contributed by atoms with Crippen LogP contribution in [0.4, 0.5) is 11.4 Å². The predicted molar refractivity (Wildman–Crippen MR) is 94.6 cm³/mol. The third-order valence-electron chi connectivity index (χ3n) is 4.33. The molecule has 0 saturated heterocycles. The fourth-order valence-electron chi connectivity index (χ4n) is 2.83. The van der Waals surface area contributed by atoms with Crippen molar-refractivity contribution >= 4 is 23.2 Å². The lowest BCUT2D eigenvalue weighted by Gasteiger charge is -2.24. The number of anilines is 2. The van der Waals surface area contributed by atoms with Crippen LogP contribution in [-0.4, -0.2) is 11.8 Å². The molecule has 3 rings (SSSR count). The fourth-order valence-corrected chi connectivity index (χ4v) is 2.83. The Morgan fingerprint density at radius 3 is 2.67 bits per heavy atom. The number of hydrogen-bond donors (Lipinski definition) is 3. The van der Waals surface area contributed by atoms with E-state index in [1.165, 1.54) is 0 Å². The number of benzene rings is 2. The first-order valence-electron chi connectivity index (χ1n) is 8.05. The maximum absolute atomic E-state index is 12.6. The normalized spacial score (nSPS) is 16.3. The van der Waals surface area contributed by atoms with Crippen LogP contribution < -0.4 is 16.4 Å². The number of fused-ring (bicyclic) bond motifs is 1. The van der Waals surface area contributed by atoms with Crippen molar-refractivity contribution in [3.63, 3.8) is 0 Å². The van der Waals surface area contributed by atoms with Crippen LogP contribution in [-0.2, 0) is 21.5 Å². The molecular weight excluding hydrogens is 302 g/mol. The molecule has 1 heterocycles. The van der Waals surface area contributed by atoms with Crippen molar-refractivity contribution in [3.8, 4) is 0 Å². The number of amides is 2. The van der Waals surface area contributed by atoms with Crippen LogP contribution in [0.25, 0.3) is 0 Å². The van der Waals surface area contributed by atoms with E-state index in [0.29, 0.717) is 12.1 Å². The van der Waals surface area contributed by atoms with Crippen molar-refractivity contribution < 1.29 is 9.59 Å². The highest BCUT2D eigenvalue weighted by Gasteiger charge is 2.30. The Kier molecular flexibility index (Phi) is 4.36. The summed E-state index contributed by atoms with van der Waals surface area (Å²) in [6, 6.07) is 14.8. The van der Waals surface area contributed by atoms with E-state index < -0.39 is 5.54 Å². The molecule has 0 bridgehead atoms. The van der Waals surface area contributed by atoms with Crippen molar-refractivity contribution in [2.75, 3.05) is 10.6 Å².